The first-order valence-electron chi connectivity index (χ1n) is 4.56. The summed E-state index contributed by atoms with van der Waals surface area (Å²) in [6, 6.07) is 0. The van der Waals surface area contributed by atoms with Crippen molar-refractivity contribution in [3.63, 3.8) is 0 Å². The smallest absolute Gasteiger partial charge is 0.194 e. The average molecular weight is 199 g/mol. The van der Waals surface area contributed by atoms with Gasteiger partial charge in [-0.1, -0.05) is 13.8 Å². The van der Waals surface area contributed by atoms with Crippen molar-refractivity contribution in [2.45, 2.75) is 26.8 Å². The fourth-order valence-corrected chi connectivity index (χ4v) is 0.826. The van der Waals surface area contributed by atoms with E-state index >= 15 is 0 Å². The van der Waals surface area contributed by atoms with E-state index in [4.69, 9.17) is 10.1 Å². The van der Waals surface area contributed by atoms with Gasteiger partial charge in [-0.2, -0.15) is 0 Å². The summed E-state index contributed by atoms with van der Waals surface area (Å²) in [6.45, 7) is 5.56. The molecule has 0 N–H and O–H groups in total. The number of aromatic nitrogens is 2. The van der Waals surface area contributed by atoms with Gasteiger partial charge in [0, 0.05) is 23.9 Å². The van der Waals surface area contributed by atoms with Gasteiger partial charge in [0.15, 0.2) is 7.05 Å². The van der Waals surface area contributed by atoms with Crippen molar-refractivity contribution in [3.05, 3.63) is 28.8 Å². The first kappa shape index (κ1) is 12.6. The first-order valence-corrected chi connectivity index (χ1v) is 4.56. The van der Waals surface area contributed by atoms with Crippen molar-refractivity contribution in [2.24, 2.45) is 5.92 Å². The highest BCUT2D eigenvalue weighted by atomic mass is 16.6. The molecule has 0 aliphatic rings. The summed E-state index contributed by atoms with van der Waals surface area (Å²) in [5.74, 6) is 0.780. The van der Waals surface area contributed by atoms with Crippen LogP contribution in [0.2, 0.25) is 0 Å². The summed E-state index contributed by atoms with van der Waals surface area (Å²) in [7, 11) is 0.889. The van der Waals surface area contributed by atoms with Gasteiger partial charge < -0.3 is 4.57 Å². The van der Waals surface area contributed by atoms with Crippen molar-refractivity contribution >= 4 is 0 Å². The van der Waals surface area contributed by atoms with E-state index < -0.39 is 4.92 Å². The van der Waals surface area contributed by atoms with Crippen LogP contribution in [0.3, 0.4) is 0 Å². The Balaban J connectivity index is 0.000000364. The Kier molecular flexibility index (Phi) is 6.36. The molecule has 0 aromatic carbocycles. The number of hydrogen-bond donors (Lipinski definition) is 0. The molecule has 0 unspecified atom stereocenters. The molecule has 0 bridgehead atoms. The van der Waals surface area contributed by atoms with Crippen LogP contribution in [0, 0.1) is 16.0 Å². The van der Waals surface area contributed by atoms with Gasteiger partial charge in [0.25, 0.3) is 0 Å². The van der Waals surface area contributed by atoms with Crippen molar-refractivity contribution in [1.29, 1.82) is 0 Å². The van der Waals surface area contributed by atoms with Gasteiger partial charge in [0.1, 0.15) is 0 Å². The maximum Gasteiger partial charge on any atom is 0.194 e. The molecular weight excluding hydrogens is 182 g/mol. The van der Waals surface area contributed by atoms with Crippen LogP contribution in [-0.2, 0) is 6.54 Å². The normalized spacial score (nSPS) is 9.43. The molecule has 14 heavy (non-hydrogen) atoms. The quantitative estimate of drug-likeness (QED) is 0.551. The number of nitro groups is 1. The molecule has 0 spiro atoms. The average Bonchev–Trinajstić information content (AvgIpc) is 2.51. The molecule has 0 saturated heterocycles. The minimum atomic E-state index is -0.500. The minimum absolute atomic E-state index is 0.500. The van der Waals surface area contributed by atoms with Gasteiger partial charge in [-0.05, 0) is 12.3 Å². The van der Waals surface area contributed by atoms with Crippen molar-refractivity contribution in [1.82, 2.24) is 9.55 Å². The third kappa shape index (κ3) is 8.70. The molecule has 0 atom stereocenters. The van der Waals surface area contributed by atoms with Gasteiger partial charge >= 0.3 is 0 Å². The highest BCUT2D eigenvalue weighted by Gasteiger charge is 1.93. The monoisotopic (exact) mass is 199 g/mol. The van der Waals surface area contributed by atoms with E-state index in [1.54, 1.807) is 0 Å². The third-order valence-corrected chi connectivity index (χ3v) is 1.52. The van der Waals surface area contributed by atoms with Crippen molar-refractivity contribution in [3.8, 4) is 0 Å². The predicted octanol–water partition coefficient (Wildman–Crippen LogP) is 1.82. The second kappa shape index (κ2) is 7.06. The van der Waals surface area contributed by atoms with Crippen LogP contribution in [0.4, 0.5) is 0 Å². The predicted molar refractivity (Wildman–Crippen MR) is 54.6 cm³/mol. The molecule has 5 nitrogen and oxygen atoms in total. The third-order valence-electron chi connectivity index (χ3n) is 1.52. The molecule has 80 valence electrons. The molecule has 1 aromatic rings. The summed E-state index contributed by atoms with van der Waals surface area (Å²) in [5, 5.41) is 8.81. The fraction of sp³-hybridized carbons (Fsp3) is 0.667. The minimum Gasteiger partial charge on any atom is -0.337 e. The van der Waals surface area contributed by atoms with Crippen LogP contribution in [-0.4, -0.2) is 21.5 Å². The van der Waals surface area contributed by atoms with Gasteiger partial charge in [-0.25, -0.2) is 4.98 Å². The summed E-state index contributed by atoms with van der Waals surface area (Å²) in [6.07, 6.45) is 6.92. The highest BCUT2D eigenvalue weighted by Crippen LogP contribution is 2.01. The second-order valence-corrected chi connectivity index (χ2v) is 3.42. The summed E-state index contributed by atoms with van der Waals surface area (Å²) in [5.41, 5.74) is 0. The summed E-state index contributed by atoms with van der Waals surface area (Å²) < 4.78 is 2.11. The van der Waals surface area contributed by atoms with E-state index in [0.29, 0.717) is 0 Å². The van der Waals surface area contributed by atoms with Gasteiger partial charge in [0.05, 0.1) is 6.33 Å². The van der Waals surface area contributed by atoms with Crippen LogP contribution in [0.25, 0.3) is 0 Å². The number of rotatable bonds is 3. The molecular formula is C9H17N3O2. The molecule has 0 aliphatic carbocycles. The van der Waals surface area contributed by atoms with E-state index in [0.717, 1.165) is 19.5 Å². The molecule has 0 saturated carbocycles. The molecule has 1 rings (SSSR count). The van der Waals surface area contributed by atoms with Crippen LogP contribution < -0.4 is 0 Å². The van der Waals surface area contributed by atoms with E-state index in [2.05, 4.69) is 23.4 Å². The van der Waals surface area contributed by atoms with Crippen LogP contribution in [0.1, 0.15) is 20.3 Å². The Bertz CT molecular complexity index is 241. The van der Waals surface area contributed by atoms with Crippen LogP contribution >= 0.6 is 0 Å². The van der Waals surface area contributed by atoms with E-state index in [9.17, 15) is 0 Å². The van der Waals surface area contributed by atoms with Gasteiger partial charge in [-0.15, -0.1) is 0 Å². The Morgan fingerprint density at radius 2 is 2.14 bits per heavy atom. The van der Waals surface area contributed by atoms with Crippen molar-refractivity contribution in [2.75, 3.05) is 7.05 Å². The maximum absolute atomic E-state index is 8.81. The molecule has 0 radical (unpaired) electrons. The molecule has 5 heteroatoms. The van der Waals surface area contributed by atoms with E-state index in [-0.39, 0.29) is 0 Å². The summed E-state index contributed by atoms with van der Waals surface area (Å²) in [4.78, 5) is 12.3. The summed E-state index contributed by atoms with van der Waals surface area (Å²) >= 11 is 0. The van der Waals surface area contributed by atoms with Crippen molar-refractivity contribution < 1.29 is 4.92 Å². The van der Waals surface area contributed by atoms with Gasteiger partial charge in [0.2, 0.25) is 0 Å². The van der Waals surface area contributed by atoms with E-state index in [1.165, 1.54) is 6.42 Å². The molecule has 0 aliphatic heterocycles. The fourth-order valence-electron chi connectivity index (χ4n) is 0.826. The lowest BCUT2D eigenvalue weighted by Crippen LogP contribution is -1.98. The maximum atomic E-state index is 8.81. The number of hydrogen-bond acceptors (Lipinski definition) is 3. The Morgan fingerprint density at radius 3 is 2.50 bits per heavy atom. The number of imidazole rings is 1. The zero-order chi connectivity index (χ0) is 11.0. The largest absolute Gasteiger partial charge is 0.337 e. The number of aryl methyl sites for hydroxylation is 1. The van der Waals surface area contributed by atoms with Crippen LogP contribution in [0.5, 0.6) is 0 Å². The lowest BCUT2D eigenvalue weighted by Gasteiger charge is -2.03. The van der Waals surface area contributed by atoms with Crippen LogP contribution in [0.15, 0.2) is 18.7 Å². The second-order valence-electron chi connectivity index (χ2n) is 3.42. The lowest BCUT2D eigenvalue weighted by atomic mass is 10.1. The first-order chi connectivity index (χ1) is 6.52. The Labute approximate surface area is 83.9 Å². The SMILES string of the molecule is CC(C)CCn1ccnc1.C[N+](=O)[O-]. The molecule has 1 heterocycles. The zero-order valence-electron chi connectivity index (χ0n) is 8.88. The Morgan fingerprint density at radius 1 is 1.57 bits per heavy atom. The zero-order valence-corrected chi connectivity index (χ0v) is 8.88. The van der Waals surface area contributed by atoms with E-state index in [1.807, 2.05) is 18.7 Å². The standard InChI is InChI=1S/C8H14N2.CH3NO2/c1-8(2)3-5-10-6-4-9-7-10;1-2(3)4/h4,6-8H,3,5H2,1-2H3;1H3. The molecule has 0 fully saturated rings. The lowest BCUT2D eigenvalue weighted by molar-refractivity contribution is -0.445. The number of nitrogens with zero attached hydrogens (tertiary/aromatic N) is 3. The van der Waals surface area contributed by atoms with Gasteiger partial charge in [-0.3, -0.25) is 10.1 Å². The molecule has 1 aromatic heterocycles. The Hall–Kier alpha value is -1.39. The molecule has 0 amide bonds. The highest BCUT2D eigenvalue weighted by molar-refractivity contribution is 4.73. The topological polar surface area (TPSA) is 61.0 Å².